The molecule has 1 aromatic heterocycles. The Hall–Kier alpha value is -3.70. The van der Waals surface area contributed by atoms with Gasteiger partial charge in [-0.15, -0.1) is 0 Å². The maximum atomic E-state index is 13.1. The number of ketones is 1. The zero-order valence-electron chi connectivity index (χ0n) is 18.5. The standard InChI is InChI=1S/C27H22ClNO4/c1-16-24(32-15-17-6-4-5-7-22(17)28)11-9-20-26(30)25(33-27(16)20)12-18-14-29(2)23-10-8-19(31-3)13-21(18)23/h4-14H,15H2,1-3H3/b25-12-. The minimum absolute atomic E-state index is 0.148. The number of hydrogen-bond donors (Lipinski definition) is 0. The number of fused-ring (bicyclic) bond motifs is 2. The van der Waals surface area contributed by atoms with E-state index < -0.39 is 0 Å². The van der Waals surface area contributed by atoms with Gasteiger partial charge in [0.2, 0.25) is 5.78 Å². The second-order valence-corrected chi connectivity index (χ2v) is 8.37. The Morgan fingerprint density at radius 1 is 1.12 bits per heavy atom. The summed E-state index contributed by atoms with van der Waals surface area (Å²) in [5.41, 5.74) is 4.12. The van der Waals surface area contributed by atoms with Gasteiger partial charge in [-0.3, -0.25) is 4.79 Å². The molecule has 6 heteroatoms. The largest absolute Gasteiger partial charge is 0.497 e. The Morgan fingerprint density at radius 2 is 1.94 bits per heavy atom. The van der Waals surface area contributed by atoms with Crippen LogP contribution in [0.15, 0.2) is 66.6 Å². The van der Waals surface area contributed by atoms with Crippen molar-refractivity contribution < 1.29 is 19.0 Å². The second-order valence-electron chi connectivity index (χ2n) is 7.96. The fraction of sp³-hybridized carbons (Fsp3) is 0.148. The number of hydrogen-bond acceptors (Lipinski definition) is 4. The van der Waals surface area contributed by atoms with E-state index in [1.807, 2.05) is 67.2 Å². The number of aryl methyl sites for hydroxylation is 1. The number of Topliss-reactive ketones (excluding diaryl/α,β-unsaturated/α-hetero) is 1. The molecule has 0 saturated carbocycles. The van der Waals surface area contributed by atoms with Crippen molar-refractivity contribution in [1.29, 1.82) is 0 Å². The minimum atomic E-state index is -0.148. The number of aromatic nitrogens is 1. The smallest absolute Gasteiger partial charge is 0.231 e. The summed E-state index contributed by atoms with van der Waals surface area (Å²) in [6.07, 6.45) is 3.76. The van der Waals surface area contributed by atoms with Crippen molar-refractivity contribution in [3.8, 4) is 17.2 Å². The van der Waals surface area contributed by atoms with Gasteiger partial charge in [-0.1, -0.05) is 29.8 Å². The third-order valence-corrected chi connectivity index (χ3v) is 6.26. The van der Waals surface area contributed by atoms with Crippen LogP contribution < -0.4 is 14.2 Å². The average Bonchev–Trinajstić information content (AvgIpc) is 3.31. The van der Waals surface area contributed by atoms with E-state index in [2.05, 4.69) is 0 Å². The number of halogens is 1. The molecule has 4 aromatic rings. The van der Waals surface area contributed by atoms with Crippen molar-refractivity contribution in [1.82, 2.24) is 4.57 Å². The first kappa shape index (κ1) is 21.2. The topological polar surface area (TPSA) is 49.7 Å². The van der Waals surface area contributed by atoms with Gasteiger partial charge in [-0.2, -0.15) is 0 Å². The van der Waals surface area contributed by atoms with Crippen LogP contribution in [0.1, 0.15) is 27.0 Å². The molecule has 166 valence electrons. The number of ether oxygens (including phenoxy) is 3. The fourth-order valence-corrected chi connectivity index (χ4v) is 4.27. The summed E-state index contributed by atoms with van der Waals surface area (Å²) >= 11 is 6.24. The number of carbonyl (C=O) groups excluding carboxylic acids is 1. The first-order chi connectivity index (χ1) is 16.0. The molecule has 0 bridgehead atoms. The van der Waals surface area contributed by atoms with E-state index in [1.165, 1.54) is 0 Å². The van der Waals surface area contributed by atoms with Crippen molar-refractivity contribution in [3.05, 3.63) is 93.8 Å². The maximum absolute atomic E-state index is 13.1. The Morgan fingerprint density at radius 3 is 2.73 bits per heavy atom. The van der Waals surface area contributed by atoms with Crippen LogP contribution in [0.4, 0.5) is 0 Å². The first-order valence-corrected chi connectivity index (χ1v) is 10.9. The molecule has 0 radical (unpaired) electrons. The van der Waals surface area contributed by atoms with Crippen LogP contribution in [-0.2, 0) is 13.7 Å². The molecule has 2 heterocycles. The summed E-state index contributed by atoms with van der Waals surface area (Å²) in [5.74, 6) is 2.07. The predicted octanol–water partition coefficient (Wildman–Crippen LogP) is 6.34. The maximum Gasteiger partial charge on any atom is 0.231 e. The van der Waals surface area contributed by atoms with Crippen molar-refractivity contribution >= 4 is 34.4 Å². The lowest BCUT2D eigenvalue weighted by Crippen LogP contribution is -1.99. The zero-order valence-corrected chi connectivity index (χ0v) is 19.3. The number of rotatable bonds is 5. The highest BCUT2D eigenvalue weighted by molar-refractivity contribution is 6.31. The number of nitrogens with zero attached hydrogens (tertiary/aromatic N) is 1. The number of carbonyl (C=O) groups is 1. The number of benzene rings is 3. The lowest BCUT2D eigenvalue weighted by atomic mass is 10.1. The van der Waals surface area contributed by atoms with Crippen LogP contribution in [-0.4, -0.2) is 17.5 Å². The third kappa shape index (κ3) is 3.74. The first-order valence-electron chi connectivity index (χ1n) is 10.5. The molecule has 0 N–H and O–H groups in total. The van der Waals surface area contributed by atoms with Gasteiger partial charge in [0.1, 0.15) is 23.9 Å². The van der Waals surface area contributed by atoms with Gasteiger partial charge in [-0.25, -0.2) is 0 Å². The van der Waals surface area contributed by atoms with Gasteiger partial charge in [0.05, 0.1) is 12.7 Å². The Balaban J connectivity index is 1.45. The van der Waals surface area contributed by atoms with E-state index in [9.17, 15) is 4.79 Å². The molecule has 3 aromatic carbocycles. The molecule has 0 aliphatic carbocycles. The lowest BCUT2D eigenvalue weighted by Gasteiger charge is -2.12. The van der Waals surface area contributed by atoms with Crippen LogP contribution in [0.2, 0.25) is 5.02 Å². The second kappa shape index (κ2) is 8.34. The molecule has 0 unspecified atom stereocenters. The molecule has 0 saturated heterocycles. The number of allylic oxidation sites excluding steroid dienone is 1. The zero-order chi connectivity index (χ0) is 23.1. The molecule has 1 aliphatic rings. The van der Waals surface area contributed by atoms with Gasteiger partial charge in [0.15, 0.2) is 5.76 Å². The van der Waals surface area contributed by atoms with Crippen LogP contribution in [0, 0.1) is 6.92 Å². The van der Waals surface area contributed by atoms with E-state index >= 15 is 0 Å². The van der Waals surface area contributed by atoms with Gasteiger partial charge in [0.25, 0.3) is 0 Å². The Kier molecular flexibility index (Phi) is 5.35. The van der Waals surface area contributed by atoms with Crippen molar-refractivity contribution in [2.24, 2.45) is 7.05 Å². The van der Waals surface area contributed by atoms with Crippen molar-refractivity contribution in [2.75, 3.05) is 7.11 Å². The Labute approximate surface area is 196 Å². The van der Waals surface area contributed by atoms with E-state index in [-0.39, 0.29) is 11.5 Å². The van der Waals surface area contributed by atoms with E-state index in [1.54, 1.807) is 25.3 Å². The molecule has 0 fully saturated rings. The molecule has 5 rings (SSSR count). The van der Waals surface area contributed by atoms with Gasteiger partial charge in [-0.05, 0) is 49.4 Å². The summed E-state index contributed by atoms with van der Waals surface area (Å²) < 4.78 is 19.4. The summed E-state index contributed by atoms with van der Waals surface area (Å²) in [6.45, 7) is 2.22. The molecule has 0 amide bonds. The highest BCUT2D eigenvalue weighted by Gasteiger charge is 2.30. The van der Waals surface area contributed by atoms with E-state index in [4.69, 9.17) is 25.8 Å². The normalized spacial score (nSPS) is 13.9. The highest BCUT2D eigenvalue weighted by Crippen LogP contribution is 2.40. The SMILES string of the molecule is COc1ccc2c(c1)c(/C=C1\Oc3c(ccc(OCc4ccccc4Cl)c3C)C1=O)cn2C. The van der Waals surface area contributed by atoms with Crippen LogP contribution in [0.3, 0.4) is 0 Å². The van der Waals surface area contributed by atoms with Gasteiger partial charge >= 0.3 is 0 Å². The predicted molar refractivity (Wildman–Crippen MR) is 129 cm³/mol. The average molecular weight is 460 g/mol. The Bertz CT molecular complexity index is 1430. The third-order valence-electron chi connectivity index (χ3n) is 5.89. The molecule has 0 atom stereocenters. The molecular formula is C27H22ClNO4. The highest BCUT2D eigenvalue weighted by atomic mass is 35.5. The molecule has 0 spiro atoms. The van der Waals surface area contributed by atoms with Gasteiger partial charge < -0.3 is 18.8 Å². The monoisotopic (exact) mass is 459 g/mol. The van der Waals surface area contributed by atoms with Crippen molar-refractivity contribution in [2.45, 2.75) is 13.5 Å². The summed E-state index contributed by atoms with van der Waals surface area (Å²) in [7, 11) is 3.60. The van der Waals surface area contributed by atoms with Crippen LogP contribution >= 0.6 is 11.6 Å². The quantitative estimate of drug-likeness (QED) is 0.326. The summed E-state index contributed by atoms with van der Waals surface area (Å²) in [6, 6.07) is 17.0. The van der Waals surface area contributed by atoms with Crippen LogP contribution in [0.5, 0.6) is 17.2 Å². The molecular weight excluding hydrogens is 438 g/mol. The molecule has 1 aliphatic heterocycles. The minimum Gasteiger partial charge on any atom is -0.497 e. The fourth-order valence-electron chi connectivity index (χ4n) is 4.08. The van der Waals surface area contributed by atoms with Gasteiger partial charge in [0, 0.05) is 45.9 Å². The molecule has 5 nitrogen and oxygen atoms in total. The summed E-state index contributed by atoms with van der Waals surface area (Å²) in [4.78, 5) is 13.1. The lowest BCUT2D eigenvalue weighted by molar-refractivity contribution is 0.101. The van der Waals surface area contributed by atoms with E-state index in [0.29, 0.717) is 28.7 Å². The van der Waals surface area contributed by atoms with E-state index in [0.717, 1.165) is 33.3 Å². The van der Waals surface area contributed by atoms with Crippen molar-refractivity contribution in [3.63, 3.8) is 0 Å². The molecule has 33 heavy (non-hydrogen) atoms. The number of methoxy groups -OCH3 is 1. The summed E-state index contributed by atoms with van der Waals surface area (Å²) in [5, 5.41) is 1.64. The van der Waals surface area contributed by atoms with Crippen LogP contribution in [0.25, 0.3) is 17.0 Å².